The first-order valence-electron chi connectivity index (χ1n) is 9.48. The van der Waals surface area contributed by atoms with E-state index in [1.54, 1.807) is 25.4 Å². The molecule has 3 rings (SSSR count). The van der Waals surface area contributed by atoms with Gasteiger partial charge in [0.25, 0.3) is 5.91 Å². The van der Waals surface area contributed by atoms with Crippen molar-refractivity contribution in [2.24, 2.45) is 0 Å². The summed E-state index contributed by atoms with van der Waals surface area (Å²) in [7, 11) is 3.11. The fourth-order valence-electron chi connectivity index (χ4n) is 2.63. The molecule has 1 aliphatic carbocycles. The van der Waals surface area contributed by atoms with Crippen LogP contribution >= 0.6 is 11.3 Å². The average molecular weight is 443 g/mol. The van der Waals surface area contributed by atoms with Gasteiger partial charge in [-0.05, 0) is 23.6 Å². The molecule has 0 bridgehead atoms. The third kappa shape index (κ3) is 6.17. The molecule has 164 valence electrons. The van der Waals surface area contributed by atoms with Crippen molar-refractivity contribution >= 4 is 35.5 Å². The molecular weight excluding hydrogens is 416 g/mol. The Morgan fingerprint density at radius 3 is 2.52 bits per heavy atom. The van der Waals surface area contributed by atoms with E-state index in [-0.39, 0.29) is 34.8 Å². The number of anilines is 1. The lowest BCUT2D eigenvalue weighted by atomic mass is 9.98. The van der Waals surface area contributed by atoms with Crippen LogP contribution in [0.3, 0.4) is 0 Å². The molecule has 0 saturated heterocycles. The van der Waals surface area contributed by atoms with E-state index in [0.29, 0.717) is 12.2 Å². The third-order valence-corrected chi connectivity index (χ3v) is 4.99. The van der Waals surface area contributed by atoms with Crippen molar-refractivity contribution in [2.45, 2.75) is 26.8 Å². The lowest BCUT2D eigenvalue weighted by Crippen LogP contribution is -2.32. The van der Waals surface area contributed by atoms with E-state index in [1.807, 2.05) is 44.2 Å². The average Bonchev–Trinajstić information content (AvgIpc) is 3.31. The Balaban J connectivity index is 0.00000113. The Morgan fingerprint density at radius 1 is 1.32 bits per heavy atom. The molecule has 9 heteroatoms. The number of carbonyl (C=O) groups is 3. The maximum absolute atomic E-state index is 12.3. The van der Waals surface area contributed by atoms with Crippen molar-refractivity contribution in [3.05, 3.63) is 57.0 Å². The topological polar surface area (TPSA) is 123 Å². The summed E-state index contributed by atoms with van der Waals surface area (Å²) in [6, 6.07) is 8.66. The summed E-state index contributed by atoms with van der Waals surface area (Å²) < 4.78 is 0. The van der Waals surface area contributed by atoms with Crippen LogP contribution in [0.25, 0.3) is 0 Å². The van der Waals surface area contributed by atoms with Crippen LogP contribution < -0.4 is 10.6 Å². The number of benzene rings is 1. The second-order valence-electron chi connectivity index (χ2n) is 6.24. The lowest BCUT2D eigenvalue weighted by Gasteiger charge is -2.25. The van der Waals surface area contributed by atoms with Crippen molar-refractivity contribution < 1.29 is 19.5 Å². The molecule has 2 aromatic rings. The fraction of sp³-hybridized carbons (Fsp3) is 0.273. The minimum absolute atomic E-state index is 0.00187. The molecular formula is C22H26N4O4S. The number of aromatic hydroxyl groups is 1. The van der Waals surface area contributed by atoms with Crippen molar-refractivity contribution in [3.63, 3.8) is 0 Å². The van der Waals surface area contributed by atoms with Crippen LogP contribution in [0.5, 0.6) is 5.75 Å². The summed E-state index contributed by atoms with van der Waals surface area (Å²) in [6.07, 6.45) is 0.274. The lowest BCUT2D eigenvalue weighted by molar-refractivity contribution is -0.116. The number of hydrogen-bond donors (Lipinski definition) is 3. The minimum Gasteiger partial charge on any atom is -0.505 e. The van der Waals surface area contributed by atoms with E-state index >= 15 is 0 Å². The van der Waals surface area contributed by atoms with Gasteiger partial charge in [-0.2, -0.15) is 5.26 Å². The zero-order valence-electron chi connectivity index (χ0n) is 18.0. The maximum atomic E-state index is 12.3. The molecule has 1 heterocycles. The number of phenols is 1. The molecule has 0 aliphatic heterocycles. The predicted molar refractivity (Wildman–Crippen MR) is 121 cm³/mol. The first-order valence-corrected chi connectivity index (χ1v) is 10.4. The van der Waals surface area contributed by atoms with E-state index in [9.17, 15) is 20.0 Å². The minimum atomic E-state index is -0.433. The van der Waals surface area contributed by atoms with Gasteiger partial charge in [0.2, 0.25) is 0 Å². The Labute approximate surface area is 185 Å². The smallest absolute Gasteiger partial charge is 0.257 e. The maximum Gasteiger partial charge on any atom is 0.257 e. The van der Waals surface area contributed by atoms with Crippen LogP contribution in [0.1, 0.15) is 41.1 Å². The highest BCUT2D eigenvalue weighted by Gasteiger charge is 2.29. The Kier molecular flexibility index (Phi) is 9.95. The van der Waals surface area contributed by atoms with Gasteiger partial charge < -0.3 is 25.4 Å². The van der Waals surface area contributed by atoms with Gasteiger partial charge in [0.05, 0.1) is 29.3 Å². The summed E-state index contributed by atoms with van der Waals surface area (Å²) in [5.74, 6) is -0.832. The SMILES string of the molecule is C=O.CC.CN(C)C(=O)c1cc(C#N)cc(NC2=C(NCc3cccs3)CC2=O)c1O. The van der Waals surface area contributed by atoms with E-state index < -0.39 is 5.91 Å². The molecule has 1 aromatic carbocycles. The van der Waals surface area contributed by atoms with Gasteiger partial charge in [-0.25, -0.2) is 0 Å². The van der Waals surface area contributed by atoms with Crippen LogP contribution in [-0.4, -0.2) is 42.6 Å². The van der Waals surface area contributed by atoms with Crippen LogP contribution in [-0.2, 0) is 16.1 Å². The summed E-state index contributed by atoms with van der Waals surface area (Å²) in [5, 5.41) is 27.8. The van der Waals surface area contributed by atoms with Gasteiger partial charge in [0, 0.05) is 31.2 Å². The normalized spacial score (nSPS) is 11.6. The molecule has 0 atom stereocenters. The number of rotatable bonds is 6. The number of thiophene rings is 1. The zero-order chi connectivity index (χ0) is 23.6. The second kappa shape index (κ2) is 12.1. The standard InChI is InChI=1S/C19H18N4O3S.C2H6.CH2O/c1-23(2)19(26)13-6-11(9-20)7-15(18(13)25)22-17-14(8-16(17)24)21-10-12-4-3-5-27-12;2*1-2/h3-7,21-22,25H,8,10H2,1-2H3;1-2H3;1H2. The Bertz CT molecular complexity index is 992. The number of hydrogen-bond acceptors (Lipinski definition) is 8. The molecule has 0 fully saturated rings. The fourth-order valence-corrected chi connectivity index (χ4v) is 3.28. The molecule has 1 aromatic heterocycles. The van der Waals surface area contributed by atoms with Crippen LogP contribution in [0.4, 0.5) is 5.69 Å². The van der Waals surface area contributed by atoms with Gasteiger partial charge in [-0.1, -0.05) is 19.9 Å². The largest absolute Gasteiger partial charge is 0.505 e. The highest BCUT2D eigenvalue weighted by Crippen LogP contribution is 2.34. The van der Waals surface area contributed by atoms with E-state index in [4.69, 9.17) is 4.79 Å². The van der Waals surface area contributed by atoms with Gasteiger partial charge in [0.1, 0.15) is 12.5 Å². The van der Waals surface area contributed by atoms with Crippen molar-refractivity contribution in [3.8, 4) is 11.8 Å². The molecule has 1 aliphatic rings. The van der Waals surface area contributed by atoms with Crippen LogP contribution in [0.2, 0.25) is 0 Å². The number of nitrogens with zero attached hydrogens (tertiary/aromatic N) is 2. The molecule has 0 spiro atoms. The summed E-state index contributed by atoms with van der Waals surface area (Å²) >= 11 is 1.61. The molecule has 1 amide bonds. The molecule has 0 radical (unpaired) electrons. The second-order valence-corrected chi connectivity index (χ2v) is 7.28. The summed E-state index contributed by atoms with van der Waals surface area (Å²) in [6.45, 7) is 6.60. The molecule has 0 saturated carbocycles. The van der Waals surface area contributed by atoms with Gasteiger partial charge in [-0.3, -0.25) is 9.59 Å². The number of nitrogens with one attached hydrogen (secondary N) is 2. The number of nitriles is 1. The number of amides is 1. The summed E-state index contributed by atoms with van der Waals surface area (Å²) in [4.78, 5) is 34.7. The number of allylic oxidation sites excluding steroid dienone is 2. The Morgan fingerprint density at radius 2 is 2.00 bits per heavy atom. The van der Waals surface area contributed by atoms with Crippen LogP contribution in [0.15, 0.2) is 41.0 Å². The van der Waals surface area contributed by atoms with Gasteiger partial charge in [0.15, 0.2) is 11.5 Å². The molecule has 31 heavy (non-hydrogen) atoms. The van der Waals surface area contributed by atoms with E-state index in [2.05, 4.69) is 10.6 Å². The van der Waals surface area contributed by atoms with Crippen LogP contribution in [0, 0.1) is 11.3 Å². The first-order chi connectivity index (χ1) is 14.9. The number of carbonyl (C=O) groups excluding carboxylic acids is 3. The van der Waals surface area contributed by atoms with Crippen molar-refractivity contribution in [1.29, 1.82) is 5.26 Å². The van der Waals surface area contributed by atoms with Gasteiger partial charge in [-0.15, -0.1) is 11.3 Å². The zero-order valence-corrected chi connectivity index (χ0v) is 18.8. The summed E-state index contributed by atoms with van der Waals surface area (Å²) in [5.41, 5.74) is 1.43. The molecule has 8 nitrogen and oxygen atoms in total. The molecule has 3 N–H and O–H groups in total. The van der Waals surface area contributed by atoms with E-state index in [1.165, 1.54) is 17.0 Å². The quantitative estimate of drug-likeness (QED) is 0.587. The van der Waals surface area contributed by atoms with Crippen molar-refractivity contribution in [1.82, 2.24) is 10.2 Å². The van der Waals surface area contributed by atoms with Crippen molar-refractivity contribution in [2.75, 3.05) is 19.4 Å². The van der Waals surface area contributed by atoms with E-state index in [0.717, 1.165) is 10.6 Å². The Hall–Kier alpha value is -3.64. The monoisotopic (exact) mass is 442 g/mol. The predicted octanol–water partition coefficient (Wildman–Crippen LogP) is 3.25. The third-order valence-electron chi connectivity index (χ3n) is 4.11. The highest BCUT2D eigenvalue weighted by atomic mass is 32.1. The number of phenolic OH excluding ortho intramolecular Hbond substituents is 1. The number of ketones is 1. The molecule has 0 unspecified atom stereocenters. The first kappa shape index (κ1) is 25.4. The van der Waals surface area contributed by atoms with Gasteiger partial charge >= 0.3 is 0 Å². The number of Topliss-reactive ketones (excluding diaryl/α,β-unsaturated/α-hetero) is 1. The highest BCUT2D eigenvalue weighted by molar-refractivity contribution is 7.09.